The zero-order valence-electron chi connectivity index (χ0n) is 13.9. The normalized spacial score (nSPS) is 26.5. The maximum atomic E-state index is 10.9. The van der Waals surface area contributed by atoms with Gasteiger partial charge in [-0.3, -0.25) is 9.09 Å². The fraction of sp³-hybridized carbons (Fsp3) is 0.583. The number of hydrogen-bond acceptors (Lipinski definition) is 10. The van der Waals surface area contributed by atoms with E-state index in [1.165, 1.54) is 10.9 Å². The molecule has 0 radical (unpaired) electrons. The number of nitrogen functional groups attached to an aromatic ring is 1. The molecule has 1 fully saturated rings. The summed E-state index contributed by atoms with van der Waals surface area (Å²) in [7, 11) is -1.35. The Morgan fingerprint density at radius 3 is 2.65 bits per heavy atom. The van der Waals surface area contributed by atoms with Crippen LogP contribution in [0.25, 0.3) is 11.2 Å². The van der Waals surface area contributed by atoms with Crippen LogP contribution in [0, 0.1) is 0 Å². The van der Waals surface area contributed by atoms with Crippen LogP contribution >= 0.6 is 7.82 Å². The van der Waals surface area contributed by atoms with Gasteiger partial charge < -0.3 is 35.4 Å². The Labute approximate surface area is 147 Å². The van der Waals surface area contributed by atoms with Gasteiger partial charge in [0, 0.05) is 14.1 Å². The number of aromatic nitrogens is 4. The number of nitrogens with two attached hydrogens (primary N) is 1. The number of nitrogens with zero attached hydrogens (tertiary/aromatic N) is 5. The van der Waals surface area contributed by atoms with Crippen molar-refractivity contribution in [3.8, 4) is 0 Å². The quantitative estimate of drug-likeness (QED) is 0.361. The molecule has 13 nitrogen and oxygen atoms in total. The summed E-state index contributed by atoms with van der Waals surface area (Å²) in [5, 5.41) is 20.6. The predicted molar refractivity (Wildman–Crippen MR) is 88.0 cm³/mol. The van der Waals surface area contributed by atoms with E-state index in [-0.39, 0.29) is 17.0 Å². The maximum absolute atomic E-state index is 10.9. The first-order valence-electron chi connectivity index (χ1n) is 7.47. The van der Waals surface area contributed by atoms with E-state index in [0.29, 0.717) is 5.95 Å². The molecule has 1 saturated heterocycles. The van der Waals surface area contributed by atoms with Gasteiger partial charge in [0.05, 0.1) is 6.61 Å². The van der Waals surface area contributed by atoms with Gasteiger partial charge in [-0.25, -0.2) is 19.5 Å². The van der Waals surface area contributed by atoms with Crippen molar-refractivity contribution in [3.05, 3.63) is 6.33 Å². The number of phosphoric ester groups is 1. The summed E-state index contributed by atoms with van der Waals surface area (Å²) in [4.78, 5) is 31.6. The Balaban J connectivity index is 1.99. The first kappa shape index (κ1) is 18.9. The highest BCUT2D eigenvalue weighted by Crippen LogP contribution is 2.40. The smallest absolute Gasteiger partial charge is 0.387 e. The SMILES string of the molecule is CN(C)c1nc2c(N)ncnc2n1[C@@H]1O[C@H](COP(=O)(O)O)[C@@H](O)[C@H]1O. The molecule has 0 aromatic carbocycles. The van der Waals surface area contributed by atoms with Gasteiger partial charge >= 0.3 is 7.82 Å². The molecule has 26 heavy (non-hydrogen) atoms. The van der Waals surface area contributed by atoms with Crippen molar-refractivity contribution in [2.24, 2.45) is 0 Å². The average Bonchev–Trinajstić information content (AvgIpc) is 3.05. The van der Waals surface area contributed by atoms with E-state index >= 15 is 0 Å². The Morgan fingerprint density at radius 1 is 1.35 bits per heavy atom. The molecule has 0 bridgehead atoms. The van der Waals surface area contributed by atoms with E-state index in [2.05, 4.69) is 19.5 Å². The van der Waals surface area contributed by atoms with E-state index in [0.717, 1.165) is 0 Å². The predicted octanol–water partition coefficient (Wildman–Crippen LogP) is -1.80. The first-order chi connectivity index (χ1) is 12.1. The molecule has 2 aromatic heterocycles. The summed E-state index contributed by atoms with van der Waals surface area (Å²) in [5.74, 6) is 0.464. The van der Waals surface area contributed by atoms with Gasteiger partial charge in [0.15, 0.2) is 23.2 Å². The largest absolute Gasteiger partial charge is 0.469 e. The van der Waals surface area contributed by atoms with Crippen LogP contribution in [0.5, 0.6) is 0 Å². The molecule has 0 amide bonds. The number of fused-ring (bicyclic) bond motifs is 1. The summed E-state index contributed by atoms with van der Waals surface area (Å²) in [6, 6.07) is 0. The second-order valence-corrected chi connectivity index (χ2v) is 7.18. The van der Waals surface area contributed by atoms with E-state index in [1.807, 2.05) is 0 Å². The Hall–Kier alpha value is -1.86. The lowest BCUT2D eigenvalue weighted by atomic mass is 10.1. The molecule has 1 aliphatic rings. The molecule has 0 saturated carbocycles. The second kappa shape index (κ2) is 6.70. The molecule has 0 unspecified atom stereocenters. The highest BCUT2D eigenvalue weighted by molar-refractivity contribution is 7.46. The fourth-order valence-electron chi connectivity index (χ4n) is 2.72. The van der Waals surface area contributed by atoms with Gasteiger partial charge in [-0.2, -0.15) is 0 Å². The van der Waals surface area contributed by atoms with Gasteiger partial charge in [-0.1, -0.05) is 0 Å². The number of rotatable bonds is 5. The van der Waals surface area contributed by atoms with Crippen molar-refractivity contribution in [2.75, 3.05) is 31.3 Å². The van der Waals surface area contributed by atoms with Gasteiger partial charge in [-0.05, 0) is 0 Å². The Bertz CT molecular complexity index is 854. The zero-order valence-corrected chi connectivity index (χ0v) is 14.8. The van der Waals surface area contributed by atoms with Gasteiger partial charge in [-0.15, -0.1) is 0 Å². The molecule has 144 valence electrons. The van der Waals surface area contributed by atoms with Crippen LogP contribution in [0.3, 0.4) is 0 Å². The third-order valence-corrected chi connectivity index (χ3v) is 4.37. The van der Waals surface area contributed by atoms with Crippen molar-refractivity contribution >= 4 is 30.8 Å². The minimum Gasteiger partial charge on any atom is -0.387 e. The molecule has 14 heteroatoms. The van der Waals surface area contributed by atoms with Crippen LogP contribution in [0.4, 0.5) is 11.8 Å². The zero-order chi connectivity index (χ0) is 19.2. The Morgan fingerprint density at radius 2 is 2.04 bits per heavy atom. The van der Waals surface area contributed by atoms with Crippen molar-refractivity contribution in [2.45, 2.75) is 24.5 Å². The summed E-state index contributed by atoms with van der Waals surface area (Å²) in [6.45, 7) is -0.611. The minimum atomic E-state index is -4.75. The maximum Gasteiger partial charge on any atom is 0.469 e. The summed E-state index contributed by atoms with van der Waals surface area (Å²) >= 11 is 0. The third-order valence-electron chi connectivity index (χ3n) is 3.89. The summed E-state index contributed by atoms with van der Waals surface area (Å²) < 4.78 is 22.3. The van der Waals surface area contributed by atoms with Gasteiger partial charge in [0.25, 0.3) is 0 Å². The van der Waals surface area contributed by atoms with Crippen LogP contribution in [-0.4, -0.2) is 78.5 Å². The second-order valence-electron chi connectivity index (χ2n) is 5.94. The lowest BCUT2D eigenvalue weighted by Crippen LogP contribution is -2.34. The number of aliphatic hydroxyl groups is 2. The molecule has 4 atom stereocenters. The van der Waals surface area contributed by atoms with Crippen molar-refractivity contribution in [3.63, 3.8) is 0 Å². The molecule has 0 spiro atoms. The number of imidazole rings is 1. The highest BCUT2D eigenvalue weighted by Gasteiger charge is 2.46. The number of aliphatic hydroxyl groups excluding tert-OH is 2. The van der Waals surface area contributed by atoms with Crippen LogP contribution in [0.2, 0.25) is 0 Å². The monoisotopic (exact) mass is 390 g/mol. The van der Waals surface area contributed by atoms with E-state index in [4.69, 9.17) is 20.3 Å². The van der Waals surface area contributed by atoms with E-state index < -0.39 is 39.0 Å². The van der Waals surface area contributed by atoms with Crippen molar-refractivity contribution < 1.29 is 33.8 Å². The first-order valence-corrected chi connectivity index (χ1v) is 9.00. The van der Waals surface area contributed by atoms with Crippen molar-refractivity contribution in [1.82, 2.24) is 19.5 Å². The number of anilines is 2. The van der Waals surface area contributed by atoms with Crippen LogP contribution in [0.1, 0.15) is 6.23 Å². The topological polar surface area (TPSA) is 189 Å². The lowest BCUT2D eigenvalue weighted by Gasteiger charge is -2.22. The van der Waals surface area contributed by atoms with E-state index in [1.54, 1.807) is 19.0 Å². The third kappa shape index (κ3) is 3.38. The van der Waals surface area contributed by atoms with Crippen LogP contribution in [-0.2, 0) is 13.8 Å². The van der Waals surface area contributed by atoms with Crippen LogP contribution < -0.4 is 10.6 Å². The Kier molecular flexibility index (Phi) is 4.88. The molecular weight excluding hydrogens is 371 g/mol. The number of hydrogen-bond donors (Lipinski definition) is 5. The molecule has 6 N–H and O–H groups in total. The molecule has 2 aromatic rings. The summed E-state index contributed by atoms with van der Waals surface area (Å²) in [5.41, 5.74) is 6.38. The standard InChI is InChI=1S/C12H19N6O7P/c1-17(2)12-16-6-9(13)14-4-15-10(6)18(12)11-8(20)7(19)5(25-11)3-24-26(21,22)23/h4-5,7-8,11,19-20H,3H2,1-2H3,(H2,13,14,15)(H2,21,22,23)/t5-,7-,8-,11-/m1/s1. The molecule has 0 aliphatic carbocycles. The number of phosphoric acid groups is 1. The molecular formula is C12H19N6O7P. The highest BCUT2D eigenvalue weighted by atomic mass is 31.2. The van der Waals surface area contributed by atoms with E-state index in [9.17, 15) is 14.8 Å². The number of ether oxygens (including phenoxy) is 1. The minimum absolute atomic E-state index is 0.131. The summed E-state index contributed by atoms with van der Waals surface area (Å²) in [6.07, 6.45) is -3.95. The molecule has 3 rings (SSSR count). The average molecular weight is 390 g/mol. The van der Waals surface area contributed by atoms with Crippen molar-refractivity contribution in [1.29, 1.82) is 0 Å². The lowest BCUT2D eigenvalue weighted by molar-refractivity contribution is -0.0496. The van der Waals surface area contributed by atoms with Gasteiger partial charge in [0.1, 0.15) is 24.6 Å². The van der Waals surface area contributed by atoms with Gasteiger partial charge in [0.2, 0.25) is 5.95 Å². The molecule has 3 heterocycles. The fourth-order valence-corrected chi connectivity index (χ4v) is 3.06. The van der Waals surface area contributed by atoms with Crippen LogP contribution in [0.15, 0.2) is 6.33 Å². The molecule has 1 aliphatic heterocycles.